The van der Waals surface area contributed by atoms with Gasteiger partial charge in [-0.15, -0.1) is 0 Å². The third-order valence-corrected chi connectivity index (χ3v) is 5.09. The molecule has 0 saturated heterocycles. The van der Waals surface area contributed by atoms with Crippen molar-refractivity contribution in [2.24, 2.45) is 17.8 Å². The molecule has 1 N–H and O–H groups in total. The van der Waals surface area contributed by atoms with Gasteiger partial charge in [-0.3, -0.25) is 4.57 Å². The van der Waals surface area contributed by atoms with Crippen molar-refractivity contribution >= 4 is 0 Å². The Kier molecular flexibility index (Phi) is 2.37. The molecule has 2 fully saturated rings. The van der Waals surface area contributed by atoms with E-state index >= 15 is 0 Å². The molecule has 4 rings (SSSR count). The van der Waals surface area contributed by atoms with Gasteiger partial charge in [-0.1, -0.05) is 6.42 Å². The van der Waals surface area contributed by atoms with E-state index in [9.17, 15) is 4.79 Å². The maximum Gasteiger partial charge on any atom is 0.346 e. The summed E-state index contributed by atoms with van der Waals surface area (Å²) in [4.78, 5) is 12.2. The van der Waals surface area contributed by atoms with Gasteiger partial charge >= 0.3 is 5.69 Å². The number of nitrogens with one attached hydrogen (secondary N) is 1. The van der Waals surface area contributed by atoms with E-state index in [1.54, 1.807) is 4.68 Å². The van der Waals surface area contributed by atoms with E-state index in [2.05, 4.69) is 10.4 Å². The summed E-state index contributed by atoms with van der Waals surface area (Å²) < 4.78 is 3.57. The second kappa shape index (κ2) is 3.95. The number of nitrogens with zero attached hydrogens (tertiary/aromatic N) is 3. The van der Waals surface area contributed by atoms with Crippen LogP contribution in [0, 0.1) is 17.8 Å². The molecule has 2 heterocycles. The SMILES string of the molecule is O=c1n(CC2CC3CCC2C3)nc2n1CCNC2. The van der Waals surface area contributed by atoms with Crippen LogP contribution < -0.4 is 11.0 Å². The van der Waals surface area contributed by atoms with Gasteiger partial charge in [0.15, 0.2) is 0 Å². The van der Waals surface area contributed by atoms with Crippen LogP contribution in [0.2, 0.25) is 0 Å². The van der Waals surface area contributed by atoms with Gasteiger partial charge in [-0.05, 0) is 37.0 Å². The molecule has 5 heteroatoms. The smallest absolute Gasteiger partial charge is 0.308 e. The Morgan fingerprint density at radius 2 is 2.28 bits per heavy atom. The average Bonchev–Trinajstić information content (AvgIpc) is 3.06. The maximum absolute atomic E-state index is 12.2. The van der Waals surface area contributed by atoms with Crippen LogP contribution >= 0.6 is 0 Å². The fourth-order valence-electron chi connectivity index (χ4n) is 4.17. The minimum Gasteiger partial charge on any atom is -0.308 e. The van der Waals surface area contributed by atoms with Gasteiger partial charge in [0, 0.05) is 19.6 Å². The Bertz CT molecular complexity index is 518. The fourth-order valence-corrected chi connectivity index (χ4v) is 4.17. The molecule has 3 aliphatic rings. The van der Waals surface area contributed by atoms with Crippen LogP contribution in [-0.4, -0.2) is 20.9 Å². The monoisotopic (exact) mass is 248 g/mol. The first-order chi connectivity index (χ1) is 8.81. The minimum atomic E-state index is 0.106. The molecule has 0 aromatic carbocycles. The van der Waals surface area contributed by atoms with Crippen LogP contribution in [0.25, 0.3) is 0 Å². The van der Waals surface area contributed by atoms with Gasteiger partial charge in [0.2, 0.25) is 0 Å². The summed E-state index contributed by atoms with van der Waals surface area (Å²) in [5.41, 5.74) is 0.106. The third kappa shape index (κ3) is 1.56. The molecule has 2 aliphatic carbocycles. The molecule has 5 nitrogen and oxygen atoms in total. The molecule has 0 spiro atoms. The van der Waals surface area contributed by atoms with E-state index in [4.69, 9.17) is 0 Å². The quantitative estimate of drug-likeness (QED) is 0.833. The average molecular weight is 248 g/mol. The molecule has 98 valence electrons. The predicted octanol–water partition coefficient (Wildman–Crippen LogP) is 0.584. The van der Waals surface area contributed by atoms with Gasteiger partial charge < -0.3 is 5.32 Å². The third-order valence-electron chi connectivity index (χ3n) is 5.09. The highest BCUT2D eigenvalue weighted by Crippen LogP contribution is 2.48. The first-order valence-electron chi connectivity index (χ1n) is 7.18. The molecule has 1 aromatic heterocycles. The lowest BCUT2D eigenvalue weighted by atomic mass is 9.89. The van der Waals surface area contributed by atoms with E-state index in [-0.39, 0.29) is 5.69 Å². The molecule has 3 atom stereocenters. The number of hydrogen-bond acceptors (Lipinski definition) is 3. The van der Waals surface area contributed by atoms with Gasteiger partial charge in [0.05, 0.1) is 6.54 Å². The van der Waals surface area contributed by atoms with Crippen LogP contribution in [0.1, 0.15) is 31.5 Å². The largest absolute Gasteiger partial charge is 0.346 e. The lowest BCUT2D eigenvalue weighted by molar-refractivity contribution is 0.281. The second-order valence-corrected chi connectivity index (χ2v) is 6.14. The molecular formula is C13H20N4O. The summed E-state index contributed by atoms with van der Waals surface area (Å²) in [6.45, 7) is 3.23. The molecule has 1 aliphatic heterocycles. The Morgan fingerprint density at radius 3 is 3.00 bits per heavy atom. The molecule has 3 unspecified atom stereocenters. The highest BCUT2D eigenvalue weighted by Gasteiger charge is 2.39. The molecule has 0 radical (unpaired) electrons. The van der Waals surface area contributed by atoms with Gasteiger partial charge in [0.1, 0.15) is 5.82 Å². The summed E-state index contributed by atoms with van der Waals surface area (Å²) in [5.74, 6) is 3.41. The van der Waals surface area contributed by atoms with Crippen LogP contribution in [0.5, 0.6) is 0 Å². The number of aromatic nitrogens is 3. The van der Waals surface area contributed by atoms with E-state index in [0.29, 0.717) is 5.92 Å². The fraction of sp³-hybridized carbons (Fsp3) is 0.846. The van der Waals surface area contributed by atoms with Gasteiger partial charge in [-0.25, -0.2) is 9.48 Å². The Hall–Kier alpha value is -1.10. The summed E-state index contributed by atoms with van der Waals surface area (Å²) in [6.07, 6.45) is 5.50. The van der Waals surface area contributed by atoms with Crippen molar-refractivity contribution in [3.63, 3.8) is 0 Å². The van der Waals surface area contributed by atoms with Crippen molar-refractivity contribution in [1.29, 1.82) is 0 Å². The summed E-state index contributed by atoms with van der Waals surface area (Å²) in [6, 6.07) is 0. The molecule has 18 heavy (non-hydrogen) atoms. The standard InChI is InChI=1S/C13H20N4O/c18-13-16-4-3-14-7-12(16)15-17(13)8-11-6-9-1-2-10(11)5-9/h9-11,14H,1-8H2. The van der Waals surface area contributed by atoms with E-state index in [1.807, 2.05) is 4.57 Å². The maximum atomic E-state index is 12.2. The zero-order chi connectivity index (χ0) is 12.1. The summed E-state index contributed by atoms with van der Waals surface area (Å²) in [5, 5.41) is 7.77. The first kappa shape index (κ1) is 10.8. The normalized spacial score (nSPS) is 33.9. The molecular weight excluding hydrogens is 228 g/mol. The van der Waals surface area contributed by atoms with E-state index in [1.165, 1.54) is 25.7 Å². The number of hydrogen-bond donors (Lipinski definition) is 1. The van der Waals surface area contributed by atoms with Crippen molar-refractivity contribution in [2.45, 2.75) is 45.3 Å². The second-order valence-electron chi connectivity index (χ2n) is 6.14. The van der Waals surface area contributed by atoms with Gasteiger partial charge in [0.25, 0.3) is 0 Å². The summed E-state index contributed by atoms with van der Waals surface area (Å²) >= 11 is 0. The van der Waals surface area contributed by atoms with Crippen LogP contribution in [0.4, 0.5) is 0 Å². The molecule has 1 aromatic rings. The minimum absolute atomic E-state index is 0.106. The lowest BCUT2D eigenvalue weighted by Gasteiger charge is -2.20. The zero-order valence-corrected chi connectivity index (χ0v) is 10.6. The first-order valence-corrected chi connectivity index (χ1v) is 7.18. The van der Waals surface area contributed by atoms with Crippen molar-refractivity contribution in [1.82, 2.24) is 19.7 Å². The van der Waals surface area contributed by atoms with Crippen molar-refractivity contribution in [2.75, 3.05) is 6.54 Å². The molecule has 0 amide bonds. The number of rotatable bonds is 2. The zero-order valence-electron chi connectivity index (χ0n) is 10.6. The molecule has 2 bridgehead atoms. The molecule has 2 saturated carbocycles. The van der Waals surface area contributed by atoms with Crippen molar-refractivity contribution in [3.05, 3.63) is 16.3 Å². The Labute approximate surface area is 106 Å². The Balaban J connectivity index is 1.58. The van der Waals surface area contributed by atoms with Crippen LogP contribution in [0.15, 0.2) is 4.79 Å². The highest BCUT2D eigenvalue weighted by molar-refractivity contribution is 4.93. The van der Waals surface area contributed by atoms with Crippen molar-refractivity contribution < 1.29 is 0 Å². The summed E-state index contributed by atoms with van der Waals surface area (Å²) in [7, 11) is 0. The van der Waals surface area contributed by atoms with Crippen LogP contribution in [0.3, 0.4) is 0 Å². The lowest BCUT2D eigenvalue weighted by Crippen LogP contribution is -2.35. The van der Waals surface area contributed by atoms with Gasteiger partial charge in [-0.2, -0.15) is 5.10 Å². The number of fused-ring (bicyclic) bond motifs is 3. The topological polar surface area (TPSA) is 51.9 Å². The highest BCUT2D eigenvalue weighted by atomic mass is 16.2. The van der Waals surface area contributed by atoms with E-state index < -0.39 is 0 Å². The van der Waals surface area contributed by atoms with E-state index in [0.717, 1.165) is 43.8 Å². The van der Waals surface area contributed by atoms with Crippen LogP contribution in [-0.2, 0) is 19.6 Å². The van der Waals surface area contributed by atoms with Crippen molar-refractivity contribution in [3.8, 4) is 0 Å². The Morgan fingerprint density at radius 1 is 1.33 bits per heavy atom. The predicted molar refractivity (Wildman–Crippen MR) is 67.1 cm³/mol.